The van der Waals surface area contributed by atoms with Crippen molar-refractivity contribution in [1.82, 2.24) is 0 Å². The van der Waals surface area contributed by atoms with E-state index in [9.17, 15) is 0 Å². The highest BCUT2D eigenvalue weighted by molar-refractivity contribution is 4.75. The summed E-state index contributed by atoms with van der Waals surface area (Å²) in [7, 11) is 0. The van der Waals surface area contributed by atoms with Gasteiger partial charge in [0.1, 0.15) is 0 Å². The third-order valence-electron chi connectivity index (χ3n) is 2.03. The Labute approximate surface area is 74.7 Å². The molecule has 0 aliphatic carbocycles. The Bertz CT molecular complexity index is 85.1. The standard InChI is InChI=1S/C8H22N4/c9-5-1-3-7(11)8(12)4-2-6-10/h7-8H,1-6,9-12H2. The van der Waals surface area contributed by atoms with Crippen LogP contribution < -0.4 is 22.9 Å². The first-order valence-corrected chi connectivity index (χ1v) is 4.63. The van der Waals surface area contributed by atoms with E-state index in [1.165, 1.54) is 0 Å². The van der Waals surface area contributed by atoms with E-state index >= 15 is 0 Å². The molecule has 0 bridgehead atoms. The summed E-state index contributed by atoms with van der Waals surface area (Å²) in [4.78, 5) is 0. The minimum atomic E-state index is 0.0834. The molecule has 0 aromatic heterocycles. The quantitative estimate of drug-likeness (QED) is 0.402. The van der Waals surface area contributed by atoms with Gasteiger partial charge in [0.2, 0.25) is 0 Å². The molecule has 0 amide bonds. The lowest BCUT2D eigenvalue weighted by Gasteiger charge is -2.18. The predicted octanol–water partition coefficient (Wildman–Crippen LogP) is -0.881. The first-order chi connectivity index (χ1) is 5.72. The molecule has 0 aliphatic heterocycles. The van der Waals surface area contributed by atoms with Gasteiger partial charge in [-0.1, -0.05) is 0 Å². The van der Waals surface area contributed by atoms with Gasteiger partial charge in [-0.05, 0) is 38.8 Å². The van der Waals surface area contributed by atoms with Crippen LogP contribution in [0.2, 0.25) is 0 Å². The van der Waals surface area contributed by atoms with E-state index in [0.717, 1.165) is 25.7 Å². The van der Waals surface area contributed by atoms with Crippen LogP contribution in [-0.2, 0) is 0 Å². The van der Waals surface area contributed by atoms with Gasteiger partial charge in [0.15, 0.2) is 0 Å². The summed E-state index contributed by atoms with van der Waals surface area (Å²) in [6, 6.07) is 0.167. The van der Waals surface area contributed by atoms with Gasteiger partial charge in [0.05, 0.1) is 0 Å². The van der Waals surface area contributed by atoms with E-state index in [0.29, 0.717) is 13.1 Å². The molecule has 0 spiro atoms. The summed E-state index contributed by atoms with van der Waals surface area (Å²) in [5.41, 5.74) is 22.4. The van der Waals surface area contributed by atoms with Gasteiger partial charge in [-0.2, -0.15) is 0 Å². The van der Waals surface area contributed by atoms with E-state index in [-0.39, 0.29) is 12.1 Å². The largest absolute Gasteiger partial charge is 0.330 e. The molecule has 12 heavy (non-hydrogen) atoms. The fourth-order valence-corrected chi connectivity index (χ4v) is 1.14. The normalized spacial score (nSPS) is 16.0. The second kappa shape index (κ2) is 7.49. The third kappa shape index (κ3) is 5.49. The summed E-state index contributed by atoms with van der Waals surface area (Å²) < 4.78 is 0. The fourth-order valence-electron chi connectivity index (χ4n) is 1.14. The summed E-state index contributed by atoms with van der Waals surface area (Å²) in [5, 5.41) is 0. The second-order valence-corrected chi connectivity index (χ2v) is 3.19. The highest BCUT2D eigenvalue weighted by Gasteiger charge is 2.11. The van der Waals surface area contributed by atoms with E-state index in [1.54, 1.807) is 0 Å². The highest BCUT2D eigenvalue weighted by Crippen LogP contribution is 2.02. The second-order valence-electron chi connectivity index (χ2n) is 3.19. The molecule has 0 rings (SSSR count). The molecule has 0 saturated heterocycles. The maximum atomic E-state index is 5.82. The molecule has 2 unspecified atom stereocenters. The molecule has 2 atom stereocenters. The van der Waals surface area contributed by atoms with Crippen molar-refractivity contribution < 1.29 is 0 Å². The SMILES string of the molecule is NCCCC(N)C(N)CCCN. The zero-order valence-electron chi connectivity index (χ0n) is 7.71. The van der Waals surface area contributed by atoms with Crippen LogP contribution in [0.5, 0.6) is 0 Å². The molecule has 0 aromatic rings. The average Bonchev–Trinajstić information content (AvgIpc) is 2.10. The zero-order chi connectivity index (χ0) is 9.40. The molecule has 8 N–H and O–H groups in total. The number of hydrogen-bond acceptors (Lipinski definition) is 4. The van der Waals surface area contributed by atoms with Crippen molar-refractivity contribution in [1.29, 1.82) is 0 Å². The first kappa shape index (κ1) is 11.8. The zero-order valence-corrected chi connectivity index (χ0v) is 7.71. The molecular weight excluding hydrogens is 152 g/mol. The van der Waals surface area contributed by atoms with Crippen molar-refractivity contribution in [2.24, 2.45) is 22.9 Å². The Morgan fingerprint density at radius 3 is 1.33 bits per heavy atom. The Morgan fingerprint density at radius 2 is 1.08 bits per heavy atom. The monoisotopic (exact) mass is 174 g/mol. The molecule has 0 heterocycles. The third-order valence-corrected chi connectivity index (χ3v) is 2.03. The maximum absolute atomic E-state index is 5.82. The van der Waals surface area contributed by atoms with Gasteiger partial charge in [0.25, 0.3) is 0 Å². The van der Waals surface area contributed by atoms with Crippen LogP contribution in [0.1, 0.15) is 25.7 Å². The summed E-state index contributed by atoms with van der Waals surface area (Å²) >= 11 is 0. The van der Waals surface area contributed by atoms with E-state index in [1.807, 2.05) is 0 Å². The van der Waals surface area contributed by atoms with Crippen molar-refractivity contribution in [3.05, 3.63) is 0 Å². The van der Waals surface area contributed by atoms with Gasteiger partial charge in [0, 0.05) is 12.1 Å². The molecular formula is C8H22N4. The van der Waals surface area contributed by atoms with Crippen LogP contribution in [-0.4, -0.2) is 25.2 Å². The summed E-state index contributed by atoms with van der Waals surface area (Å²) in [6.07, 6.45) is 3.75. The minimum Gasteiger partial charge on any atom is -0.330 e. The number of hydrogen-bond donors (Lipinski definition) is 4. The molecule has 74 valence electrons. The van der Waals surface area contributed by atoms with Crippen LogP contribution in [0.25, 0.3) is 0 Å². The van der Waals surface area contributed by atoms with Crippen molar-refractivity contribution >= 4 is 0 Å². The van der Waals surface area contributed by atoms with Gasteiger partial charge in [-0.25, -0.2) is 0 Å². The van der Waals surface area contributed by atoms with Crippen molar-refractivity contribution in [2.75, 3.05) is 13.1 Å². The molecule has 0 radical (unpaired) electrons. The molecule has 4 heteroatoms. The maximum Gasteiger partial charge on any atom is 0.0192 e. The van der Waals surface area contributed by atoms with Crippen LogP contribution in [0, 0.1) is 0 Å². The van der Waals surface area contributed by atoms with Gasteiger partial charge < -0.3 is 22.9 Å². The molecule has 0 aromatic carbocycles. The van der Waals surface area contributed by atoms with Crippen molar-refractivity contribution in [2.45, 2.75) is 37.8 Å². The van der Waals surface area contributed by atoms with Crippen LogP contribution in [0.15, 0.2) is 0 Å². The Kier molecular flexibility index (Phi) is 7.39. The number of nitrogens with two attached hydrogens (primary N) is 4. The molecule has 4 nitrogen and oxygen atoms in total. The highest BCUT2D eigenvalue weighted by atomic mass is 14.8. The lowest BCUT2D eigenvalue weighted by atomic mass is 10.0. The van der Waals surface area contributed by atoms with Crippen molar-refractivity contribution in [3.8, 4) is 0 Å². The van der Waals surface area contributed by atoms with Gasteiger partial charge in [-0.15, -0.1) is 0 Å². The van der Waals surface area contributed by atoms with E-state index in [2.05, 4.69) is 0 Å². The topological polar surface area (TPSA) is 104 Å². The minimum absolute atomic E-state index is 0.0834. The van der Waals surface area contributed by atoms with Crippen LogP contribution >= 0.6 is 0 Å². The average molecular weight is 174 g/mol. The predicted molar refractivity (Wildman–Crippen MR) is 52.5 cm³/mol. The molecule has 0 saturated carbocycles. The Balaban J connectivity index is 3.39. The molecule has 0 aliphatic rings. The van der Waals surface area contributed by atoms with E-state index < -0.39 is 0 Å². The lowest BCUT2D eigenvalue weighted by molar-refractivity contribution is 0.453. The van der Waals surface area contributed by atoms with Crippen molar-refractivity contribution in [3.63, 3.8) is 0 Å². The lowest BCUT2D eigenvalue weighted by Crippen LogP contribution is -2.41. The molecule has 0 fully saturated rings. The van der Waals surface area contributed by atoms with Gasteiger partial charge >= 0.3 is 0 Å². The van der Waals surface area contributed by atoms with E-state index in [4.69, 9.17) is 22.9 Å². The Hall–Kier alpha value is -0.160. The first-order valence-electron chi connectivity index (χ1n) is 4.63. The number of rotatable bonds is 7. The van der Waals surface area contributed by atoms with Gasteiger partial charge in [-0.3, -0.25) is 0 Å². The smallest absolute Gasteiger partial charge is 0.0192 e. The summed E-state index contributed by atoms with van der Waals surface area (Å²) in [5.74, 6) is 0. The fraction of sp³-hybridized carbons (Fsp3) is 1.00. The summed E-state index contributed by atoms with van der Waals surface area (Å²) in [6.45, 7) is 1.38. The Morgan fingerprint density at radius 1 is 0.750 bits per heavy atom. The van der Waals surface area contributed by atoms with Crippen LogP contribution in [0.3, 0.4) is 0 Å². The van der Waals surface area contributed by atoms with Crippen LogP contribution in [0.4, 0.5) is 0 Å².